The van der Waals surface area contributed by atoms with Gasteiger partial charge in [-0.15, -0.1) is 0 Å². The Morgan fingerprint density at radius 3 is 2.92 bits per heavy atom. The number of pyridine rings is 1. The molecule has 0 spiro atoms. The normalized spacial score (nSPS) is 13.2. The molecule has 3 nitrogen and oxygen atoms in total. The van der Waals surface area contributed by atoms with Crippen molar-refractivity contribution >= 4 is 17.8 Å². The van der Waals surface area contributed by atoms with Gasteiger partial charge in [0.1, 0.15) is 5.15 Å². The highest BCUT2D eigenvalue weighted by atomic mass is 35.5. The number of nitrogens with zero attached hydrogens (tertiary/aromatic N) is 2. The molecule has 0 amide bonds. The molecule has 1 aromatic rings. The van der Waals surface area contributed by atoms with Crippen LogP contribution in [-0.4, -0.2) is 11.2 Å². The molecule has 1 aromatic heterocycles. The summed E-state index contributed by atoms with van der Waals surface area (Å²) in [4.78, 5) is 9.05. The zero-order valence-electron chi connectivity index (χ0n) is 7.57. The smallest absolute Gasteiger partial charge is 0.151 e. The molecular formula is C9H11ClN2O. The summed E-state index contributed by atoms with van der Waals surface area (Å²) < 4.78 is 0. The molecule has 1 atom stereocenters. The molecule has 0 radical (unpaired) electrons. The van der Waals surface area contributed by atoms with Crippen LogP contribution in [0, 0.1) is 0 Å². The van der Waals surface area contributed by atoms with Gasteiger partial charge in [-0.3, -0.25) is 0 Å². The summed E-state index contributed by atoms with van der Waals surface area (Å²) in [6.07, 6.45) is 3.18. The minimum absolute atomic E-state index is 0.0963. The van der Waals surface area contributed by atoms with Gasteiger partial charge in [0, 0.05) is 18.0 Å². The Balaban J connectivity index is 2.66. The average Bonchev–Trinajstić information content (AvgIpc) is 2.15. The van der Waals surface area contributed by atoms with Crippen molar-refractivity contribution in [1.29, 1.82) is 0 Å². The molecule has 70 valence electrons. The third kappa shape index (κ3) is 3.03. The first-order chi connectivity index (χ1) is 6.24. The number of hydrogen-bond donors (Lipinski definition) is 0. The van der Waals surface area contributed by atoms with Crippen LogP contribution in [0.25, 0.3) is 0 Å². The third-order valence-electron chi connectivity index (χ3n) is 1.54. The van der Waals surface area contributed by atoms with Crippen LogP contribution in [0.4, 0.5) is 0 Å². The summed E-state index contributed by atoms with van der Waals surface area (Å²) in [5, 5.41) is 4.17. The number of halogens is 1. The van der Waals surface area contributed by atoms with Gasteiger partial charge in [0.25, 0.3) is 0 Å². The molecule has 0 aliphatic heterocycles. The minimum atomic E-state index is -0.0963. The number of hydrogen-bond acceptors (Lipinski definition) is 3. The van der Waals surface area contributed by atoms with E-state index in [1.807, 2.05) is 13.0 Å². The Morgan fingerprint density at radius 2 is 2.38 bits per heavy atom. The van der Waals surface area contributed by atoms with Crippen molar-refractivity contribution in [2.75, 3.05) is 0 Å². The minimum Gasteiger partial charge on any atom is -0.388 e. The van der Waals surface area contributed by atoms with Crippen LogP contribution in [-0.2, 0) is 4.84 Å². The molecule has 0 bridgehead atoms. The highest BCUT2D eigenvalue weighted by Gasteiger charge is 2.05. The molecule has 0 N–H and O–H groups in total. The van der Waals surface area contributed by atoms with Crippen LogP contribution in [0.15, 0.2) is 23.5 Å². The van der Waals surface area contributed by atoms with Gasteiger partial charge in [-0.2, -0.15) is 0 Å². The zero-order valence-corrected chi connectivity index (χ0v) is 8.32. The molecule has 0 aliphatic rings. The molecule has 0 fully saturated rings. The summed E-state index contributed by atoms with van der Waals surface area (Å²) in [6, 6.07) is 3.59. The monoisotopic (exact) mass is 198 g/mol. The van der Waals surface area contributed by atoms with Gasteiger partial charge in [-0.25, -0.2) is 4.98 Å². The van der Waals surface area contributed by atoms with Crippen molar-refractivity contribution in [2.24, 2.45) is 5.16 Å². The molecule has 1 heterocycles. The lowest BCUT2D eigenvalue weighted by molar-refractivity contribution is 0.0732. The van der Waals surface area contributed by atoms with Gasteiger partial charge in [-0.1, -0.05) is 22.8 Å². The fourth-order valence-corrected chi connectivity index (χ4v) is 0.953. The van der Waals surface area contributed by atoms with Crippen molar-refractivity contribution in [1.82, 2.24) is 4.98 Å². The maximum atomic E-state index is 5.64. The van der Waals surface area contributed by atoms with E-state index in [0.29, 0.717) is 5.15 Å². The SMILES string of the molecule is CC=NOC(C)c1ccc(Cl)nc1. The van der Waals surface area contributed by atoms with Gasteiger partial charge in [0.2, 0.25) is 0 Å². The second-order valence-corrected chi connectivity index (χ2v) is 2.91. The highest BCUT2D eigenvalue weighted by Crippen LogP contribution is 2.16. The Kier molecular flexibility index (Phi) is 3.71. The fourth-order valence-electron chi connectivity index (χ4n) is 0.841. The Labute approximate surface area is 82.4 Å². The number of oxime groups is 1. The van der Waals surface area contributed by atoms with E-state index in [-0.39, 0.29) is 6.10 Å². The van der Waals surface area contributed by atoms with Crippen LogP contribution in [0.5, 0.6) is 0 Å². The largest absolute Gasteiger partial charge is 0.388 e. The van der Waals surface area contributed by atoms with E-state index >= 15 is 0 Å². The predicted molar refractivity (Wildman–Crippen MR) is 52.9 cm³/mol. The molecule has 0 saturated carbocycles. The van der Waals surface area contributed by atoms with Crippen LogP contribution in [0.2, 0.25) is 5.15 Å². The molecule has 1 rings (SSSR count). The topological polar surface area (TPSA) is 34.5 Å². The quantitative estimate of drug-likeness (QED) is 0.425. The standard InChI is InChI=1S/C9H11ClN2O/c1-3-12-13-7(2)8-4-5-9(10)11-6-8/h3-7H,1-2H3. The molecule has 0 saturated heterocycles. The first kappa shape index (κ1) is 9.99. The van der Waals surface area contributed by atoms with E-state index in [4.69, 9.17) is 16.4 Å². The molecule has 0 aromatic carbocycles. The summed E-state index contributed by atoms with van der Waals surface area (Å²) in [5.41, 5.74) is 0.954. The predicted octanol–water partition coefficient (Wildman–Crippen LogP) is 2.82. The summed E-state index contributed by atoms with van der Waals surface area (Å²) in [6.45, 7) is 3.70. The van der Waals surface area contributed by atoms with Crippen LogP contribution in [0.1, 0.15) is 25.5 Å². The molecule has 4 heteroatoms. The van der Waals surface area contributed by atoms with E-state index in [9.17, 15) is 0 Å². The van der Waals surface area contributed by atoms with Gasteiger partial charge in [-0.05, 0) is 19.9 Å². The second kappa shape index (κ2) is 4.82. The van der Waals surface area contributed by atoms with E-state index in [2.05, 4.69) is 10.1 Å². The Morgan fingerprint density at radius 1 is 1.62 bits per heavy atom. The van der Waals surface area contributed by atoms with Gasteiger partial charge >= 0.3 is 0 Å². The van der Waals surface area contributed by atoms with Crippen LogP contribution < -0.4 is 0 Å². The zero-order chi connectivity index (χ0) is 9.68. The molecule has 1 unspecified atom stereocenters. The first-order valence-electron chi connectivity index (χ1n) is 3.99. The van der Waals surface area contributed by atoms with Crippen molar-refractivity contribution in [3.05, 3.63) is 29.0 Å². The second-order valence-electron chi connectivity index (χ2n) is 2.53. The van der Waals surface area contributed by atoms with Gasteiger partial charge in [0.05, 0.1) is 0 Å². The molecular weight excluding hydrogens is 188 g/mol. The lowest BCUT2D eigenvalue weighted by Crippen LogP contribution is -1.95. The molecule has 0 aliphatic carbocycles. The maximum absolute atomic E-state index is 5.64. The Bertz CT molecular complexity index is 284. The van der Waals surface area contributed by atoms with E-state index < -0.39 is 0 Å². The van der Waals surface area contributed by atoms with Crippen molar-refractivity contribution < 1.29 is 4.84 Å². The van der Waals surface area contributed by atoms with Crippen molar-refractivity contribution in [3.8, 4) is 0 Å². The van der Waals surface area contributed by atoms with E-state index in [1.165, 1.54) is 0 Å². The third-order valence-corrected chi connectivity index (χ3v) is 1.77. The highest BCUT2D eigenvalue weighted by molar-refractivity contribution is 6.29. The average molecular weight is 199 g/mol. The van der Waals surface area contributed by atoms with Gasteiger partial charge in [0.15, 0.2) is 6.10 Å². The first-order valence-corrected chi connectivity index (χ1v) is 4.37. The summed E-state index contributed by atoms with van der Waals surface area (Å²) >= 11 is 5.64. The van der Waals surface area contributed by atoms with Crippen molar-refractivity contribution in [3.63, 3.8) is 0 Å². The number of rotatable bonds is 3. The van der Waals surface area contributed by atoms with Crippen molar-refractivity contribution in [2.45, 2.75) is 20.0 Å². The van der Waals surface area contributed by atoms with E-state index in [0.717, 1.165) is 5.56 Å². The molecule has 13 heavy (non-hydrogen) atoms. The summed E-state index contributed by atoms with van der Waals surface area (Å²) in [5.74, 6) is 0. The number of aromatic nitrogens is 1. The van der Waals surface area contributed by atoms with Gasteiger partial charge < -0.3 is 4.84 Å². The van der Waals surface area contributed by atoms with Crippen LogP contribution in [0.3, 0.4) is 0 Å². The maximum Gasteiger partial charge on any atom is 0.151 e. The lowest BCUT2D eigenvalue weighted by atomic mass is 10.2. The lowest BCUT2D eigenvalue weighted by Gasteiger charge is -2.08. The summed E-state index contributed by atoms with van der Waals surface area (Å²) in [7, 11) is 0. The fraction of sp³-hybridized carbons (Fsp3) is 0.333. The Hall–Kier alpha value is -1.09. The van der Waals surface area contributed by atoms with E-state index in [1.54, 1.807) is 25.4 Å². The van der Waals surface area contributed by atoms with Crippen LogP contribution >= 0.6 is 11.6 Å².